The first-order valence-corrected chi connectivity index (χ1v) is 7.65. The van der Waals surface area contributed by atoms with E-state index in [0.717, 1.165) is 10.6 Å². The zero-order valence-corrected chi connectivity index (χ0v) is 14.1. The predicted octanol–water partition coefficient (Wildman–Crippen LogP) is 3.39. The van der Waals surface area contributed by atoms with Gasteiger partial charge in [0.05, 0.1) is 6.04 Å². The monoisotopic (exact) mass is 343 g/mol. The molecule has 0 aliphatic heterocycles. The second-order valence-corrected chi connectivity index (χ2v) is 5.59. The Morgan fingerprint density at radius 1 is 1.41 bits per heavy atom. The van der Waals surface area contributed by atoms with E-state index in [4.69, 9.17) is 5.73 Å². The average Bonchev–Trinajstić information content (AvgIpc) is 2.97. The van der Waals surface area contributed by atoms with Gasteiger partial charge in [-0.25, -0.2) is 9.37 Å². The predicted molar refractivity (Wildman–Crippen MR) is 88.8 cm³/mol. The molecule has 22 heavy (non-hydrogen) atoms. The molecule has 2 rings (SSSR count). The van der Waals surface area contributed by atoms with E-state index < -0.39 is 0 Å². The molecule has 0 aliphatic carbocycles. The smallest absolute Gasteiger partial charge is 0.273 e. The molecule has 1 heterocycles. The molecule has 0 aliphatic rings. The van der Waals surface area contributed by atoms with Gasteiger partial charge in [0.1, 0.15) is 16.5 Å². The van der Waals surface area contributed by atoms with Gasteiger partial charge in [-0.2, -0.15) is 0 Å². The lowest BCUT2D eigenvalue weighted by molar-refractivity contribution is 0.0697. The van der Waals surface area contributed by atoms with Crippen LogP contribution in [0, 0.1) is 5.82 Å². The molecule has 1 amide bonds. The number of nitrogens with two attached hydrogens (primary N) is 1. The molecule has 0 fully saturated rings. The van der Waals surface area contributed by atoms with Gasteiger partial charge < -0.3 is 10.6 Å². The van der Waals surface area contributed by atoms with E-state index in [0.29, 0.717) is 18.8 Å². The van der Waals surface area contributed by atoms with Crippen LogP contribution in [0.3, 0.4) is 0 Å². The van der Waals surface area contributed by atoms with Crippen molar-refractivity contribution in [3.8, 4) is 0 Å². The van der Waals surface area contributed by atoms with Crippen LogP contribution in [0.15, 0.2) is 29.6 Å². The molecule has 4 nitrogen and oxygen atoms in total. The molecule has 0 saturated carbocycles. The molecule has 1 aromatic heterocycles. The molecule has 1 aromatic carbocycles. The van der Waals surface area contributed by atoms with Gasteiger partial charge in [-0.05, 0) is 31.5 Å². The van der Waals surface area contributed by atoms with Crippen molar-refractivity contribution in [1.82, 2.24) is 9.88 Å². The van der Waals surface area contributed by atoms with Gasteiger partial charge in [-0.1, -0.05) is 12.1 Å². The van der Waals surface area contributed by atoms with Crippen molar-refractivity contribution in [2.45, 2.75) is 26.4 Å². The Bertz CT molecular complexity index is 618. The van der Waals surface area contributed by atoms with Gasteiger partial charge in [0, 0.05) is 18.5 Å². The van der Waals surface area contributed by atoms with Crippen molar-refractivity contribution in [2.24, 2.45) is 5.73 Å². The number of thiazole rings is 1. The van der Waals surface area contributed by atoms with Crippen LogP contribution in [0.1, 0.15) is 40.9 Å². The number of amides is 1. The Balaban J connectivity index is 0.00000242. The summed E-state index contributed by atoms with van der Waals surface area (Å²) < 4.78 is 13.0. The van der Waals surface area contributed by atoms with Crippen molar-refractivity contribution < 1.29 is 9.18 Å². The van der Waals surface area contributed by atoms with Gasteiger partial charge in [0.25, 0.3) is 5.91 Å². The molecule has 2 N–H and O–H groups in total. The number of aromatic nitrogens is 1. The first kappa shape index (κ1) is 18.5. The standard InChI is InChI=1S/C15H18FN3OS.ClH/c1-3-19(10(2)11-4-6-12(16)7-5-11)15(20)13-9-21-14(8-17)18-13;/h4-7,9-10H,3,8,17H2,1-2H3;1H. The van der Waals surface area contributed by atoms with E-state index in [2.05, 4.69) is 4.98 Å². The van der Waals surface area contributed by atoms with Crippen LogP contribution in [-0.2, 0) is 6.54 Å². The molecule has 0 saturated heterocycles. The van der Waals surface area contributed by atoms with Crippen molar-refractivity contribution in [1.29, 1.82) is 0 Å². The number of halogens is 2. The van der Waals surface area contributed by atoms with E-state index >= 15 is 0 Å². The van der Waals surface area contributed by atoms with E-state index in [9.17, 15) is 9.18 Å². The third kappa shape index (κ3) is 4.03. The van der Waals surface area contributed by atoms with E-state index in [1.54, 1.807) is 22.4 Å². The number of rotatable bonds is 5. The average molecular weight is 344 g/mol. The Labute approximate surface area is 139 Å². The number of carbonyl (C=O) groups excluding carboxylic acids is 1. The molecular formula is C15H19ClFN3OS. The van der Waals surface area contributed by atoms with Crippen molar-refractivity contribution in [2.75, 3.05) is 6.54 Å². The minimum atomic E-state index is -0.285. The SMILES string of the molecule is CCN(C(=O)c1csc(CN)n1)C(C)c1ccc(F)cc1.Cl. The highest BCUT2D eigenvalue weighted by Gasteiger charge is 2.23. The molecule has 2 aromatic rings. The number of carbonyl (C=O) groups is 1. The Morgan fingerprint density at radius 2 is 2.05 bits per heavy atom. The molecule has 1 unspecified atom stereocenters. The fourth-order valence-electron chi connectivity index (χ4n) is 2.16. The van der Waals surface area contributed by atoms with Crippen molar-refractivity contribution >= 4 is 29.7 Å². The van der Waals surface area contributed by atoms with Gasteiger partial charge in [-0.15, -0.1) is 23.7 Å². The summed E-state index contributed by atoms with van der Waals surface area (Å²) in [5.41, 5.74) is 6.83. The van der Waals surface area contributed by atoms with Crippen molar-refractivity contribution in [3.63, 3.8) is 0 Å². The molecule has 7 heteroatoms. The molecule has 0 spiro atoms. The fourth-order valence-corrected chi connectivity index (χ4v) is 2.81. The highest BCUT2D eigenvalue weighted by Crippen LogP contribution is 2.23. The first-order valence-electron chi connectivity index (χ1n) is 6.77. The fraction of sp³-hybridized carbons (Fsp3) is 0.333. The summed E-state index contributed by atoms with van der Waals surface area (Å²) in [5, 5.41) is 2.47. The lowest BCUT2D eigenvalue weighted by atomic mass is 10.1. The van der Waals surface area contributed by atoms with Crippen LogP contribution in [0.2, 0.25) is 0 Å². The zero-order chi connectivity index (χ0) is 15.4. The summed E-state index contributed by atoms with van der Waals surface area (Å²) in [5.74, 6) is -0.419. The van der Waals surface area contributed by atoms with Crippen LogP contribution >= 0.6 is 23.7 Å². The number of hydrogen-bond acceptors (Lipinski definition) is 4. The van der Waals surface area contributed by atoms with E-state index in [1.165, 1.54) is 23.5 Å². The van der Waals surface area contributed by atoms with Crippen LogP contribution in [-0.4, -0.2) is 22.3 Å². The topological polar surface area (TPSA) is 59.2 Å². The number of nitrogens with zero attached hydrogens (tertiary/aromatic N) is 2. The lowest BCUT2D eigenvalue weighted by Crippen LogP contribution is -2.33. The summed E-state index contributed by atoms with van der Waals surface area (Å²) in [6, 6.07) is 6.05. The van der Waals surface area contributed by atoms with Crippen LogP contribution in [0.4, 0.5) is 4.39 Å². The maximum absolute atomic E-state index is 13.0. The van der Waals surface area contributed by atoms with E-state index in [-0.39, 0.29) is 30.2 Å². The molecule has 0 bridgehead atoms. The minimum Gasteiger partial charge on any atom is -0.331 e. The quantitative estimate of drug-likeness (QED) is 0.905. The lowest BCUT2D eigenvalue weighted by Gasteiger charge is -2.27. The molecule has 1 atom stereocenters. The van der Waals surface area contributed by atoms with Gasteiger partial charge in [0.15, 0.2) is 0 Å². The highest BCUT2D eigenvalue weighted by molar-refractivity contribution is 7.09. The number of benzene rings is 1. The maximum Gasteiger partial charge on any atom is 0.273 e. The maximum atomic E-state index is 13.0. The first-order chi connectivity index (χ1) is 10.1. The third-order valence-electron chi connectivity index (χ3n) is 3.37. The third-order valence-corrected chi connectivity index (χ3v) is 4.24. The minimum absolute atomic E-state index is 0. The second-order valence-electron chi connectivity index (χ2n) is 4.65. The van der Waals surface area contributed by atoms with E-state index in [1.807, 2.05) is 13.8 Å². The Hall–Kier alpha value is -1.50. The van der Waals surface area contributed by atoms with Crippen LogP contribution in [0.5, 0.6) is 0 Å². The summed E-state index contributed by atoms with van der Waals surface area (Å²) in [4.78, 5) is 18.5. The van der Waals surface area contributed by atoms with Gasteiger partial charge >= 0.3 is 0 Å². The Morgan fingerprint density at radius 3 is 2.55 bits per heavy atom. The highest BCUT2D eigenvalue weighted by atomic mass is 35.5. The van der Waals surface area contributed by atoms with Crippen LogP contribution in [0.25, 0.3) is 0 Å². The number of hydrogen-bond donors (Lipinski definition) is 1. The molecule has 120 valence electrons. The Kier molecular flexibility index (Phi) is 6.93. The summed E-state index contributed by atoms with van der Waals surface area (Å²) in [7, 11) is 0. The summed E-state index contributed by atoms with van der Waals surface area (Å²) in [6.45, 7) is 4.71. The van der Waals surface area contributed by atoms with Gasteiger partial charge in [0.2, 0.25) is 0 Å². The van der Waals surface area contributed by atoms with Crippen molar-refractivity contribution in [3.05, 3.63) is 51.7 Å². The largest absolute Gasteiger partial charge is 0.331 e. The molecule has 0 radical (unpaired) electrons. The molecular weight excluding hydrogens is 325 g/mol. The summed E-state index contributed by atoms with van der Waals surface area (Å²) in [6.07, 6.45) is 0. The second kappa shape index (κ2) is 8.22. The normalized spacial score (nSPS) is 11.6. The summed E-state index contributed by atoms with van der Waals surface area (Å²) >= 11 is 1.38. The zero-order valence-electron chi connectivity index (χ0n) is 12.5. The van der Waals surface area contributed by atoms with Gasteiger partial charge in [-0.3, -0.25) is 4.79 Å². The van der Waals surface area contributed by atoms with Crippen LogP contribution < -0.4 is 5.73 Å².